The Kier molecular flexibility index (Phi) is 2.96. The Balaban J connectivity index is 2.70. The Morgan fingerprint density at radius 3 is 2.67 bits per heavy atom. The van der Waals surface area contributed by atoms with Crippen molar-refractivity contribution in [2.45, 2.75) is 0 Å². The third-order valence-electron chi connectivity index (χ3n) is 1.35. The maximum absolute atomic E-state index is 10.8. The van der Waals surface area contributed by atoms with Gasteiger partial charge < -0.3 is 0 Å². The molecular weight excluding hydrogens is 150 g/mol. The molecule has 0 fully saturated rings. The van der Waals surface area contributed by atoms with E-state index in [1.165, 1.54) is 12.2 Å². The van der Waals surface area contributed by atoms with Crippen LogP contribution in [0.25, 0.3) is 6.08 Å². The molecule has 0 unspecified atom stereocenters. The second kappa shape index (κ2) is 4.23. The van der Waals surface area contributed by atoms with Crippen LogP contribution in [-0.2, 0) is 4.79 Å². The van der Waals surface area contributed by atoms with Crippen molar-refractivity contribution in [1.82, 2.24) is 4.98 Å². The maximum Gasteiger partial charge on any atom is 0.178 e. The van der Waals surface area contributed by atoms with E-state index in [0.29, 0.717) is 0 Å². The highest BCUT2D eigenvalue weighted by atomic mass is 16.1. The number of nitrogens with zero attached hydrogens (tertiary/aromatic N) is 1. The highest BCUT2D eigenvalue weighted by Gasteiger charge is 1.86. The summed E-state index contributed by atoms with van der Waals surface area (Å²) >= 11 is 0. The number of pyridine rings is 1. The van der Waals surface area contributed by atoms with Crippen LogP contribution in [0.4, 0.5) is 0 Å². The van der Waals surface area contributed by atoms with Crippen molar-refractivity contribution >= 4 is 11.9 Å². The van der Waals surface area contributed by atoms with Gasteiger partial charge in [-0.1, -0.05) is 12.7 Å². The molecule has 0 radical (unpaired) electrons. The molecular formula is C10H9NO. The summed E-state index contributed by atoms with van der Waals surface area (Å²) in [6.07, 6.45) is 7.84. The molecule has 0 atom stereocenters. The number of ketones is 1. The van der Waals surface area contributed by atoms with Crippen molar-refractivity contribution in [3.8, 4) is 0 Å². The summed E-state index contributed by atoms with van der Waals surface area (Å²) in [6.45, 7) is 3.36. The predicted octanol–water partition coefficient (Wildman–Crippen LogP) is 1.85. The van der Waals surface area contributed by atoms with E-state index in [9.17, 15) is 4.79 Å². The molecule has 0 aromatic carbocycles. The van der Waals surface area contributed by atoms with E-state index in [4.69, 9.17) is 0 Å². The molecule has 1 heterocycles. The minimum absolute atomic E-state index is 0.0909. The molecule has 0 saturated heterocycles. The van der Waals surface area contributed by atoms with Gasteiger partial charge in [0.05, 0.1) is 0 Å². The molecule has 1 aromatic rings. The van der Waals surface area contributed by atoms with Crippen molar-refractivity contribution in [2.75, 3.05) is 0 Å². The van der Waals surface area contributed by atoms with Gasteiger partial charge in [0, 0.05) is 12.4 Å². The van der Waals surface area contributed by atoms with Crippen molar-refractivity contribution in [2.24, 2.45) is 0 Å². The predicted molar refractivity (Wildman–Crippen MR) is 48.5 cm³/mol. The highest BCUT2D eigenvalue weighted by molar-refractivity contribution is 6.01. The van der Waals surface area contributed by atoms with Crippen LogP contribution >= 0.6 is 0 Å². The number of rotatable bonds is 3. The van der Waals surface area contributed by atoms with Gasteiger partial charge in [0.15, 0.2) is 5.78 Å². The first-order valence-electron chi connectivity index (χ1n) is 3.57. The molecule has 2 nitrogen and oxygen atoms in total. The zero-order chi connectivity index (χ0) is 8.81. The number of allylic oxidation sites excluding steroid dienone is 2. The zero-order valence-corrected chi connectivity index (χ0v) is 6.60. The van der Waals surface area contributed by atoms with E-state index < -0.39 is 0 Å². The van der Waals surface area contributed by atoms with Gasteiger partial charge in [0.1, 0.15) is 0 Å². The Hall–Kier alpha value is -1.70. The summed E-state index contributed by atoms with van der Waals surface area (Å²) in [6, 6.07) is 3.65. The fourth-order valence-corrected chi connectivity index (χ4v) is 0.721. The molecule has 0 aliphatic carbocycles. The smallest absolute Gasteiger partial charge is 0.178 e. The average Bonchev–Trinajstić information content (AvgIpc) is 2.16. The molecule has 0 aliphatic heterocycles. The van der Waals surface area contributed by atoms with E-state index >= 15 is 0 Å². The first kappa shape index (κ1) is 8.40. The van der Waals surface area contributed by atoms with Crippen LogP contribution in [0.5, 0.6) is 0 Å². The summed E-state index contributed by atoms with van der Waals surface area (Å²) in [5.41, 5.74) is 0.959. The van der Waals surface area contributed by atoms with Crippen LogP contribution in [0.1, 0.15) is 5.56 Å². The van der Waals surface area contributed by atoms with E-state index in [1.54, 1.807) is 18.5 Å². The quantitative estimate of drug-likeness (QED) is 0.630. The maximum atomic E-state index is 10.8. The Bertz CT molecular complexity index is 301. The molecule has 12 heavy (non-hydrogen) atoms. The SMILES string of the molecule is C=CC(=O)C=Cc1ccncc1. The summed E-state index contributed by atoms with van der Waals surface area (Å²) in [4.78, 5) is 14.6. The van der Waals surface area contributed by atoms with Crippen LogP contribution in [0, 0.1) is 0 Å². The summed E-state index contributed by atoms with van der Waals surface area (Å²) in [7, 11) is 0. The lowest BCUT2D eigenvalue weighted by Crippen LogP contribution is -1.82. The van der Waals surface area contributed by atoms with Gasteiger partial charge in [-0.15, -0.1) is 0 Å². The zero-order valence-electron chi connectivity index (χ0n) is 6.60. The molecule has 0 saturated carbocycles. The lowest BCUT2D eigenvalue weighted by molar-refractivity contribution is -0.110. The average molecular weight is 159 g/mol. The first-order valence-corrected chi connectivity index (χ1v) is 3.57. The van der Waals surface area contributed by atoms with E-state index in [-0.39, 0.29) is 5.78 Å². The van der Waals surface area contributed by atoms with Gasteiger partial charge in [-0.3, -0.25) is 9.78 Å². The number of aromatic nitrogens is 1. The van der Waals surface area contributed by atoms with E-state index in [0.717, 1.165) is 5.56 Å². The third kappa shape index (κ3) is 2.50. The summed E-state index contributed by atoms with van der Waals surface area (Å²) in [5, 5.41) is 0. The minimum atomic E-state index is -0.0909. The van der Waals surface area contributed by atoms with E-state index in [2.05, 4.69) is 11.6 Å². The van der Waals surface area contributed by atoms with Gasteiger partial charge in [0.2, 0.25) is 0 Å². The molecule has 0 bridgehead atoms. The molecule has 0 spiro atoms. The molecule has 1 aromatic heterocycles. The van der Waals surface area contributed by atoms with Crippen LogP contribution < -0.4 is 0 Å². The monoisotopic (exact) mass is 159 g/mol. The van der Waals surface area contributed by atoms with Gasteiger partial charge in [0.25, 0.3) is 0 Å². The molecule has 0 aliphatic rings. The lowest BCUT2D eigenvalue weighted by Gasteiger charge is -1.88. The normalized spacial score (nSPS) is 10.0. The number of carbonyl (C=O) groups is 1. The Labute approximate surface area is 71.3 Å². The second-order valence-electron chi connectivity index (χ2n) is 2.22. The van der Waals surface area contributed by atoms with Crippen LogP contribution in [-0.4, -0.2) is 10.8 Å². The lowest BCUT2D eigenvalue weighted by atomic mass is 10.2. The largest absolute Gasteiger partial charge is 0.290 e. The standard InChI is InChI=1S/C10H9NO/c1-2-10(12)4-3-9-5-7-11-8-6-9/h2-8H,1H2. The van der Waals surface area contributed by atoms with Gasteiger partial charge >= 0.3 is 0 Å². The van der Waals surface area contributed by atoms with Crippen LogP contribution in [0.2, 0.25) is 0 Å². The second-order valence-corrected chi connectivity index (χ2v) is 2.22. The Morgan fingerprint density at radius 2 is 2.08 bits per heavy atom. The molecule has 0 amide bonds. The molecule has 60 valence electrons. The van der Waals surface area contributed by atoms with Gasteiger partial charge in [-0.25, -0.2) is 0 Å². The first-order chi connectivity index (χ1) is 5.83. The molecule has 1 rings (SSSR count). The van der Waals surface area contributed by atoms with E-state index in [1.807, 2.05) is 12.1 Å². The Morgan fingerprint density at radius 1 is 1.42 bits per heavy atom. The van der Waals surface area contributed by atoms with Gasteiger partial charge in [-0.2, -0.15) is 0 Å². The topological polar surface area (TPSA) is 30.0 Å². The number of hydrogen-bond donors (Lipinski definition) is 0. The summed E-state index contributed by atoms with van der Waals surface area (Å²) in [5.74, 6) is -0.0909. The van der Waals surface area contributed by atoms with Crippen molar-refractivity contribution in [3.05, 3.63) is 48.8 Å². The highest BCUT2D eigenvalue weighted by Crippen LogP contribution is 1.98. The number of hydrogen-bond acceptors (Lipinski definition) is 2. The van der Waals surface area contributed by atoms with Crippen LogP contribution in [0.15, 0.2) is 43.3 Å². The molecule has 0 N–H and O–H groups in total. The molecule has 2 heteroatoms. The van der Waals surface area contributed by atoms with Gasteiger partial charge in [-0.05, 0) is 29.8 Å². The third-order valence-corrected chi connectivity index (χ3v) is 1.35. The fraction of sp³-hybridized carbons (Fsp3) is 0. The fourth-order valence-electron chi connectivity index (χ4n) is 0.721. The van der Waals surface area contributed by atoms with Crippen molar-refractivity contribution in [3.63, 3.8) is 0 Å². The van der Waals surface area contributed by atoms with Crippen molar-refractivity contribution in [1.29, 1.82) is 0 Å². The minimum Gasteiger partial charge on any atom is -0.290 e. The van der Waals surface area contributed by atoms with Crippen molar-refractivity contribution < 1.29 is 4.79 Å². The van der Waals surface area contributed by atoms with Crippen LogP contribution in [0.3, 0.4) is 0 Å². The number of carbonyl (C=O) groups excluding carboxylic acids is 1. The summed E-state index contributed by atoms with van der Waals surface area (Å²) < 4.78 is 0.